The van der Waals surface area contributed by atoms with Crippen LogP contribution in [-0.4, -0.2) is 70.9 Å². The van der Waals surface area contributed by atoms with Gasteiger partial charge in [0.15, 0.2) is 5.82 Å². The first-order valence-electron chi connectivity index (χ1n) is 12.8. The monoisotopic (exact) mass is 469 g/mol. The van der Waals surface area contributed by atoms with Gasteiger partial charge in [0.2, 0.25) is 11.8 Å². The molecule has 0 N–H and O–H groups in total. The molecule has 2 saturated heterocycles. The number of imide groups is 1. The number of carbonyl (C=O) groups is 2. The molecule has 0 spiro atoms. The van der Waals surface area contributed by atoms with Crippen molar-refractivity contribution in [2.24, 2.45) is 11.8 Å². The largest absolute Gasteiger partial charge is 0.344 e. The van der Waals surface area contributed by atoms with E-state index in [-0.39, 0.29) is 23.7 Å². The van der Waals surface area contributed by atoms with Gasteiger partial charge in [-0.2, -0.15) is 4.37 Å². The lowest BCUT2D eigenvalue weighted by molar-refractivity contribution is -0.948. The predicted octanol–water partition coefficient (Wildman–Crippen LogP) is 4.30. The molecule has 2 aromatic rings. The van der Waals surface area contributed by atoms with Crippen LogP contribution in [0.3, 0.4) is 0 Å². The van der Waals surface area contributed by atoms with Crippen LogP contribution in [-0.2, 0) is 9.59 Å². The fourth-order valence-corrected chi connectivity index (χ4v) is 7.12. The second kappa shape index (κ2) is 9.34. The number of hydrogen-bond acceptors (Lipinski definition) is 5. The molecule has 2 unspecified atom stereocenters. The molecule has 1 aromatic heterocycles. The highest BCUT2D eigenvalue weighted by atomic mass is 32.1. The molecule has 178 valence electrons. The van der Waals surface area contributed by atoms with Crippen LogP contribution < -0.4 is 4.90 Å². The minimum atomic E-state index is -0.0184. The zero-order valence-electron chi connectivity index (χ0n) is 20.0. The summed E-state index contributed by atoms with van der Waals surface area (Å²) in [4.78, 5) is 29.6. The Morgan fingerprint density at radius 1 is 1.03 bits per heavy atom. The number of unbranched alkanes of at least 4 members (excludes halogenated alkanes) is 1. The van der Waals surface area contributed by atoms with E-state index in [1.165, 1.54) is 10.1 Å². The van der Waals surface area contributed by atoms with Gasteiger partial charge in [0.05, 0.1) is 55.3 Å². The number of carbonyl (C=O) groups excluding carboxylic acids is 2. The van der Waals surface area contributed by atoms with E-state index in [2.05, 4.69) is 43.0 Å². The number of amides is 2. The Labute approximate surface area is 201 Å². The molecule has 33 heavy (non-hydrogen) atoms. The Hall–Kier alpha value is -1.99. The second-order valence-corrected chi connectivity index (χ2v) is 11.3. The minimum Gasteiger partial charge on any atom is -0.344 e. The molecule has 2 atom stereocenters. The molecule has 1 saturated carbocycles. The number of anilines is 1. The Morgan fingerprint density at radius 3 is 2.36 bits per heavy atom. The number of aromatic nitrogens is 1. The number of hydrogen-bond donors (Lipinski definition) is 0. The summed E-state index contributed by atoms with van der Waals surface area (Å²) in [5.41, 5.74) is 0. The molecule has 6 nitrogen and oxygen atoms in total. The number of quaternary nitrogens is 1. The zero-order valence-corrected chi connectivity index (χ0v) is 20.9. The van der Waals surface area contributed by atoms with Gasteiger partial charge in [0, 0.05) is 11.9 Å². The van der Waals surface area contributed by atoms with Crippen molar-refractivity contribution in [1.82, 2.24) is 9.27 Å². The van der Waals surface area contributed by atoms with E-state index in [1.807, 2.05) is 0 Å². The fraction of sp³-hybridized carbons (Fsp3) is 0.654. The number of benzene rings is 1. The van der Waals surface area contributed by atoms with Crippen LogP contribution >= 0.6 is 11.5 Å². The van der Waals surface area contributed by atoms with Crippen LogP contribution in [0, 0.1) is 11.8 Å². The summed E-state index contributed by atoms with van der Waals surface area (Å²) < 4.78 is 7.14. The molecular weight excluding hydrogens is 432 g/mol. The van der Waals surface area contributed by atoms with Gasteiger partial charge in [-0.15, -0.1) is 0 Å². The average molecular weight is 470 g/mol. The lowest BCUT2D eigenvalue weighted by Crippen LogP contribution is -2.63. The predicted molar refractivity (Wildman–Crippen MR) is 133 cm³/mol. The second-order valence-electron chi connectivity index (χ2n) is 10.5. The van der Waals surface area contributed by atoms with Crippen LogP contribution in [0.5, 0.6) is 0 Å². The van der Waals surface area contributed by atoms with E-state index in [4.69, 9.17) is 4.37 Å². The van der Waals surface area contributed by atoms with E-state index in [9.17, 15) is 9.59 Å². The number of piperazine rings is 1. The van der Waals surface area contributed by atoms with Gasteiger partial charge in [-0.25, -0.2) is 0 Å². The van der Waals surface area contributed by atoms with Gasteiger partial charge in [-0.3, -0.25) is 14.5 Å². The number of fused-ring (bicyclic) bond motifs is 2. The Balaban J connectivity index is 1.16. The van der Waals surface area contributed by atoms with Crippen molar-refractivity contribution in [3.05, 3.63) is 24.3 Å². The van der Waals surface area contributed by atoms with Gasteiger partial charge in [0.1, 0.15) is 0 Å². The Kier molecular flexibility index (Phi) is 6.45. The smallest absolute Gasteiger partial charge is 0.233 e. The van der Waals surface area contributed by atoms with Gasteiger partial charge < -0.3 is 9.38 Å². The fourth-order valence-electron chi connectivity index (χ4n) is 6.32. The minimum absolute atomic E-state index is 0.0184. The van der Waals surface area contributed by atoms with E-state index in [0.29, 0.717) is 12.6 Å². The van der Waals surface area contributed by atoms with Gasteiger partial charge >= 0.3 is 0 Å². The summed E-state index contributed by atoms with van der Waals surface area (Å²) in [5, 5.41) is 1.27. The molecule has 0 bridgehead atoms. The topological polar surface area (TPSA) is 53.5 Å². The van der Waals surface area contributed by atoms with E-state index >= 15 is 0 Å². The lowest BCUT2D eigenvalue weighted by Gasteiger charge is -2.48. The van der Waals surface area contributed by atoms with Crippen LogP contribution in [0.1, 0.15) is 52.4 Å². The van der Waals surface area contributed by atoms with Crippen molar-refractivity contribution < 1.29 is 14.1 Å². The van der Waals surface area contributed by atoms with Crippen molar-refractivity contribution >= 4 is 39.3 Å². The van der Waals surface area contributed by atoms with Crippen molar-refractivity contribution in [1.29, 1.82) is 0 Å². The van der Waals surface area contributed by atoms with E-state index in [1.54, 1.807) is 16.4 Å². The van der Waals surface area contributed by atoms with Crippen molar-refractivity contribution in [3.63, 3.8) is 0 Å². The van der Waals surface area contributed by atoms with Gasteiger partial charge in [-0.1, -0.05) is 25.0 Å². The maximum Gasteiger partial charge on any atom is 0.233 e. The molecule has 1 aromatic carbocycles. The third-order valence-electron chi connectivity index (χ3n) is 8.55. The summed E-state index contributed by atoms with van der Waals surface area (Å²) >= 11 is 1.59. The van der Waals surface area contributed by atoms with Crippen molar-refractivity contribution in [2.45, 2.75) is 58.4 Å². The summed E-state index contributed by atoms with van der Waals surface area (Å²) in [5.74, 6) is 1.33. The number of likely N-dealkylation sites (tertiary alicyclic amines) is 1. The van der Waals surface area contributed by atoms with Crippen LogP contribution in [0.4, 0.5) is 5.82 Å². The van der Waals surface area contributed by atoms with E-state index in [0.717, 1.165) is 81.5 Å². The van der Waals surface area contributed by atoms with Crippen LogP contribution in [0.2, 0.25) is 0 Å². The molecule has 3 fully saturated rings. The standard InChI is InChI=1S/C26H37N4O2S/c1-19(2)30(16-8-7-13-29-25(31)20-9-3-4-10-21(20)26(29)32)17-14-28(15-18-30)24-22-11-5-6-12-23(22)33-27-24/h5-6,11-12,19-21H,3-4,7-10,13-18H2,1-2H3/q+1. The van der Waals surface area contributed by atoms with E-state index < -0.39 is 0 Å². The highest BCUT2D eigenvalue weighted by Crippen LogP contribution is 2.38. The Bertz CT molecular complexity index is 987. The maximum absolute atomic E-state index is 12.7. The average Bonchev–Trinajstić information content (AvgIpc) is 3.37. The summed E-state index contributed by atoms with van der Waals surface area (Å²) in [6.45, 7) is 10.7. The number of nitrogens with zero attached hydrogens (tertiary/aromatic N) is 4. The molecule has 3 aliphatic rings. The highest BCUT2D eigenvalue weighted by molar-refractivity contribution is 7.13. The lowest BCUT2D eigenvalue weighted by atomic mass is 9.81. The first-order valence-corrected chi connectivity index (χ1v) is 13.6. The van der Waals surface area contributed by atoms with Crippen LogP contribution in [0.15, 0.2) is 24.3 Å². The highest BCUT2D eigenvalue weighted by Gasteiger charge is 2.47. The van der Waals surface area contributed by atoms with Crippen molar-refractivity contribution in [2.75, 3.05) is 44.2 Å². The molecule has 2 amide bonds. The molecular formula is C26H37N4O2S+. The summed E-state index contributed by atoms with van der Waals surface area (Å²) in [7, 11) is 0. The number of rotatable bonds is 7. The molecule has 1 aliphatic carbocycles. The summed E-state index contributed by atoms with van der Waals surface area (Å²) in [6.07, 6.45) is 5.98. The summed E-state index contributed by atoms with van der Waals surface area (Å²) in [6, 6.07) is 9.09. The molecule has 2 aliphatic heterocycles. The molecule has 7 heteroatoms. The molecule has 0 radical (unpaired) electrons. The first kappa shape index (κ1) is 22.8. The van der Waals surface area contributed by atoms with Gasteiger partial charge in [-0.05, 0) is 63.2 Å². The normalized spacial score (nSPS) is 25.3. The molecule has 5 rings (SSSR count). The quantitative estimate of drug-likeness (QED) is 0.345. The molecule has 3 heterocycles. The van der Waals surface area contributed by atoms with Gasteiger partial charge in [0.25, 0.3) is 0 Å². The maximum atomic E-state index is 12.7. The van der Waals surface area contributed by atoms with Crippen molar-refractivity contribution in [3.8, 4) is 0 Å². The Morgan fingerprint density at radius 2 is 1.70 bits per heavy atom. The third kappa shape index (κ3) is 4.18. The zero-order chi connectivity index (χ0) is 23.0. The SMILES string of the molecule is CC(C)[N+]1(CCCCN2C(=O)C3CCCCC3C2=O)CCN(c2nsc3ccccc23)CC1. The van der Waals surface area contributed by atoms with Crippen LogP contribution in [0.25, 0.3) is 10.1 Å². The first-order chi connectivity index (χ1) is 16.0. The third-order valence-corrected chi connectivity index (χ3v) is 9.37.